The van der Waals surface area contributed by atoms with Gasteiger partial charge in [-0.15, -0.1) is 22.7 Å². The van der Waals surface area contributed by atoms with Gasteiger partial charge in [0.2, 0.25) is 5.91 Å². The molecule has 1 aliphatic heterocycles. The zero-order valence-electron chi connectivity index (χ0n) is 13.8. The Bertz CT molecular complexity index is 652. The third-order valence-electron chi connectivity index (χ3n) is 5.39. The van der Waals surface area contributed by atoms with Gasteiger partial charge in [0.05, 0.1) is 5.41 Å². The van der Waals surface area contributed by atoms with E-state index in [-0.39, 0.29) is 11.5 Å². The zero-order chi connectivity index (χ0) is 16.4. The predicted molar refractivity (Wildman–Crippen MR) is 99.0 cm³/mol. The molecule has 0 spiro atoms. The van der Waals surface area contributed by atoms with Gasteiger partial charge in [0.15, 0.2) is 0 Å². The number of amides is 1. The standard InChI is InChI=1S/C19H23NO2S2/c21-18(19(8-1-2-9-19)17-4-3-12-24-17)20-10-5-15(6-11-20)22-16-7-13-23-14-16/h3-4,7,12-15H,1-2,5-6,8-11H2. The largest absolute Gasteiger partial charge is 0.489 e. The van der Waals surface area contributed by atoms with Crippen molar-refractivity contribution in [3.8, 4) is 5.75 Å². The highest BCUT2D eigenvalue weighted by Crippen LogP contribution is 2.44. The van der Waals surface area contributed by atoms with E-state index in [1.165, 1.54) is 17.7 Å². The lowest BCUT2D eigenvalue weighted by Crippen LogP contribution is -2.49. The molecule has 0 unspecified atom stereocenters. The monoisotopic (exact) mass is 361 g/mol. The molecule has 4 rings (SSSR count). The van der Waals surface area contributed by atoms with Crippen LogP contribution < -0.4 is 4.74 Å². The molecule has 1 aliphatic carbocycles. The van der Waals surface area contributed by atoms with Crippen LogP contribution >= 0.6 is 22.7 Å². The third-order valence-corrected chi connectivity index (χ3v) is 7.12. The van der Waals surface area contributed by atoms with E-state index in [9.17, 15) is 4.79 Å². The first-order valence-electron chi connectivity index (χ1n) is 8.80. The summed E-state index contributed by atoms with van der Waals surface area (Å²) in [6.07, 6.45) is 6.47. The Labute approximate surface area is 151 Å². The molecule has 5 heteroatoms. The maximum atomic E-state index is 13.3. The maximum absolute atomic E-state index is 13.3. The lowest BCUT2D eigenvalue weighted by molar-refractivity contribution is -0.139. The molecular weight excluding hydrogens is 338 g/mol. The molecule has 1 saturated carbocycles. The molecular formula is C19H23NO2S2. The first-order valence-corrected chi connectivity index (χ1v) is 10.6. The quantitative estimate of drug-likeness (QED) is 0.790. The van der Waals surface area contributed by atoms with Gasteiger partial charge in [0.25, 0.3) is 0 Å². The van der Waals surface area contributed by atoms with E-state index in [0.29, 0.717) is 5.91 Å². The molecule has 0 bridgehead atoms. The van der Waals surface area contributed by atoms with Crippen molar-refractivity contribution in [3.05, 3.63) is 39.2 Å². The molecule has 24 heavy (non-hydrogen) atoms. The van der Waals surface area contributed by atoms with E-state index in [1.807, 2.05) is 16.8 Å². The minimum atomic E-state index is -0.241. The highest BCUT2D eigenvalue weighted by atomic mass is 32.1. The van der Waals surface area contributed by atoms with Crippen molar-refractivity contribution in [2.24, 2.45) is 0 Å². The van der Waals surface area contributed by atoms with Gasteiger partial charge >= 0.3 is 0 Å². The molecule has 1 amide bonds. The molecule has 2 aromatic rings. The molecule has 3 heterocycles. The Kier molecular flexibility index (Phi) is 4.63. The van der Waals surface area contributed by atoms with Crippen molar-refractivity contribution >= 4 is 28.6 Å². The molecule has 0 atom stereocenters. The van der Waals surface area contributed by atoms with Crippen molar-refractivity contribution < 1.29 is 9.53 Å². The van der Waals surface area contributed by atoms with E-state index in [2.05, 4.69) is 22.4 Å². The average Bonchev–Trinajstić information content (AvgIpc) is 3.36. The van der Waals surface area contributed by atoms with Crippen LogP contribution in [-0.2, 0) is 10.2 Å². The van der Waals surface area contributed by atoms with Gasteiger partial charge in [0, 0.05) is 36.2 Å². The van der Waals surface area contributed by atoms with Crippen LogP contribution in [-0.4, -0.2) is 30.0 Å². The molecule has 0 N–H and O–H groups in total. The van der Waals surface area contributed by atoms with Crippen LogP contribution in [0.15, 0.2) is 34.3 Å². The summed E-state index contributed by atoms with van der Waals surface area (Å²) in [5, 5.41) is 6.18. The first-order chi connectivity index (χ1) is 11.8. The van der Waals surface area contributed by atoms with E-state index in [0.717, 1.165) is 44.5 Å². The van der Waals surface area contributed by atoms with Crippen molar-refractivity contribution in [2.75, 3.05) is 13.1 Å². The van der Waals surface area contributed by atoms with E-state index < -0.39 is 0 Å². The van der Waals surface area contributed by atoms with Gasteiger partial charge in [-0.2, -0.15) is 0 Å². The van der Waals surface area contributed by atoms with Gasteiger partial charge < -0.3 is 9.64 Å². The molecule has 1 saturated heterocycles. The maximum Gasteiger partial charge on any atom is 0.234 e. The molecule has 2 aliphatic rings. The summed E-state index contributed by atoms with van der Waals surface area (Å²) in [6, 6.07) is 6.25. The number of ether oxygens (including phenoxy) is 1. The minimum Gasteiger partial charge on any atom is -0.489 e. The first kappa shape index (κ1) is 16.2. The van der Waals surface area contributed by atoms with Crippen molar-refractivity contribution in [2.45, 2.75) is 50.0 Å². The Hall–Kier alpha value is -1.33. The number of hydrogen-bond donors (Lipinski definition) is 0. The number of carbonyl (C=O) groups is 1. The second-order valence-corrected chi connectivity index (χ2v) is 8.56. The minimum absolute atomic E-state index is 0.241. The van der Waals surface area contributed by atoms with Gasteiger partial charge in [-0.1, -0.05) is 18.9 Å². The number of piperidine rings is 1. The van der Waals surface area contributed by atoms with Crippen LogP contribution in [0, 0.1) is 0 Å². The number of carbonyl (C=O) groups excluding carboxylic acids is 1. The number of thiophene rings is 2. The average molecular weight is 362 g/mol. The van der Waals surface area contributed by atoms with Crippen LogP contribution in [0.2, 0.25) is 0 Å². The van der Waals surface area contributed by atoms with Crippen LogP contribution in [0.25, 0.3) is 0 Å². The summed E-state index contributed by atoms with van der Waals surface area (Å²) >= 11 is 3.40. The fraction of sp³-hybridized carbons (Fsp3) is 0.526. The Morgan fingerprint density at radius 2 is 1.96 bits per heavy atom. The zero-order valence-corrected chi connectivity index (χ0v) is 15.4. The number of rotatable bonds is 4. The van der Waals surface area contributed by atoms with Crippen LogP contribution in [0.5, 0.6) is 5.75 Å². The highest BCUT2D eigenvalue weighted by Gasteiger charge is 2.46. The predicted octanol–water partition coefficient (Wildman–Crippen LogP) is 4.69. The molecule has 3 nitrogen and oxygen atoms in total. The van der Waals surface area contributed by atoms with Crippen molar-refractivity contribution in [1.29, 1.82) is 0 Å². The van der Waals surface area contributed by atoms with Gasteiger partial charge in [0.1, 0.15) is 11.9 Å². The number of likely N-dealkylation sites (tertiary alicyclic amines) is 1. The van der Waals surface area contributed by atoms with E-state index in [1.54, 1.807) is 22.7 Å². The summed E-state index contributed by atoms with van der Waals surface area (Å²) < 4.78 is 6.02. The van der Waals surface area contributed by atoms with E-state index >= 15 is 0 Å². The molecule has 2 fully saturated rings. The van der Waals surface area contributed by atoms with Crippen molar-refractivity contribution in [3.63, 3.8) is 0 Å². The SMILES string of the molecule is O=C(N1CCC(Oc2ccsc2)CC1)C1(c2cccs2)CCCC1. The fourth-order valence-electron chi connectivity index (χ4n) is 4.09. The highest BCUT2D eigenvalue weighted by molar-refractivity contribution is 7.10. The number of hydrogen-bond acceptors (Lipinski definition) is 4. The summed E-state index contributed by atoms with van der Waals surface area (Å²) in [4.78, 5) is 16.7. The smallest absolute Gasteiger partial charge is 0.234 e. The normalized spacial score (nSPS) is 21.1. The van der Waals surface area contributed by atoms with Gasteiger partial charge in [-0.25, -0.2) is 0 Å². The molecule has 2 aromatic heterocycles. The second kappa shape index (κ2) is 6.89. The second-order valence-electron chi connectivity index (χ2n) is 6.83. The summed E-state index contributed by atoms with van der Waals surface area (Å²) in [6.45, 7) is 1.64. The molecule has 0 aromatic carbocycles. The lowest BCUT2D eigenvalue weighted by atomic mass is 9.82. The Morgan fingerprint density at radius 3 is 2.58 bits per heavy atom. The van der Waals surface area contributed by atoms with Gasteiger partial charge in [-0.3, -0.25) is 4.79 Å². The summed E-state index contributed by atoms with van der Waals surface area (Å²) in [5.41, 5.74) is -0.241. The number of nitrogens with zero attached hydrogens (tertiary/aromatic N) is 1. The van der Waals surface area contributed by atoms with E-state index in [4.69, 9.17) is 4.74 Å². The molecule has 0 radical (unpaired) electrons. The van der Waals surface area contributed by atoms with Crippen LogP contribution in [0.4, 0.5) is 0 Å². The lowest BCUT2D eigenvalue weighted by Gasteiger charge is -2.38. The van der Waals surface area contributed by atoms with Crippen LogP contribution in [0.3, 0.4) is 0 Å². The topological polar surface area (TPSA) is 29.5 Å². The Balaban J connectivity index is 1.42. The summed E-state index contributed by atoms with van der Waals surface area (Å²) in [5.74, 6) is 1.33. The summed E-state index contributed by atoms with van der Waals surface area (Å²) in [7, 11) is 0. The Morgan fingerprint density at radius 1 is 1.17 bits per heavy atom. The van der Waals surface area contributed by atoms with Crippen LogP contribution in [0.1, 0.15) is 43.4 Å². The third kappa shape index (κ3) is 3.00. The molecule has 128 valence electrons. The van der Waals surface area contributed by atoms with Gasteiger partial charge in [-0.05, 0) is 35.7 Å². The van der Waals surface area contributed by atoms with Crippen molar-refractivity contribution in [1.82, 2.24) is 4.90 Å². The fourth-order valence-corrected chi connectivity index (χ4v) is 5.62.